The Hall–Kier alpha value is -3.04. The lowest BCUT2D eigenvalue weighted by Gasteiger charge is -2.29. The van der Waals surface area contributed by atoms with Gasteiger partial charge in [-0.1, -0.05) is 23.8 Å². The molecule has 9 heteroatoms. The number of nitrogens with one attached hydrogen (secondary N) is 1. The summed E-state index contributed by atoms with van der Waals surface area (Å²) < 4.78 is 8.66. The summed E-state index contributed by atoms with van der Waals surface area (Å²) in [4.78, 5) is 12.5. The molecular formula is C23H29N7O2. The van der Waals surface area contributed by atoms with Crippen LogP contribution in [0.4, 0.5) is 0 Å². The fourth-order valence-electron chi connectivity index (χ4n) is 5.10. The Balaban J connectivity index is 1.49. The molecule has 2 saturated carbocycles. The number of esters is 1. The molecule has 32 heavy (non-hydrogen) atoms. The predicted octanol–water partition coefficient (Wildman–Crippen LogP) is 2.55. The zero-order valence-corrected chi connectivity index (χ0v) is 18.4. The van der Waals surface area contributed by atoms with E-state index < -0.39 is 0 Å². The van der Waals surface area contributed by atoms with Crippen molar-refractivity contribution in [2.45, 2.75) is 55.9 Å². The summed E-state index contributed by atoms with van der Waals surface area (Å²) in [6.45, 7) is 0. The van der Waals surface area contributed by atoms with Crippen LogP contribution in [0.3, 0.4) is 0 Å². The monoisotopic (exact) mass is 435 g/mol. The van der Waals surface area contributed by atoms with Crippen molar-refractivity contribution in [3.63, 3.8) is 0 Å². The lowest BCUT2D eigenvalue weighted by Crippen LogP contribution is -2.38. The Labute approximate surface area is 186 Å². The molecule has 0 spiro atoms. The van der Waals surface area contributed by atoms with Gasteiger partial charge in [0.1, 0.15) is 5.56 Å². The van der Waals surface area contributed by atoms with E-state index in [9.17, 15) is 4.79 Å². The number of carbonyl (C=O) groups excluding carboxylic acids is 1. The summed E-state index contributed by atoms with van der Waals surface area (Å²) in [6, 6.07) is 8.84. The van der Waals surface area contributed by atoms with Crippen LogP contribution in [0.15, 0.2) is 36.7 Å². The summed E-state index contributed by atoms with van der Waals surface area (Å²) in [6.07, 6.45) is 8.91. The van der Waals surface area contributed by atoms with Crippen LogP contribution in [0.2, 0.25) is 0 Å². The van der Waals surface area contributed by atoms with Crippen molar-refractivity contribution in [1.29, 1.82) is 0 Å². The van der Waals surface area contributed by atoms with Crippen molar-refractivity contribution in [3.05, 3.63) is 59.2 Å². The van der Waals surface area contributed by atoms with E-state index in [1.807, 2.05) is 24.0 Å². The predicted molar refractivity (Wildman–Crippen MR) is 118 cm³/mol. The van der Waals surface area contributed by atoms with Gasteiger partial charge in [-0.05, 0) is 49.3 Å². The van der Waals surface area contributed by atoms with Crippen LogP contribution in [0.1, 0.15) is 77.2 Å². The van der Waals surface area contributed by atoms with Crippen LogP contribution in [0, 0.1) is 0 Å². The van der Waals surface area contributed by atoms with Crippen molar-refractivity contribution in [2.75, 3.05) is 7.11 Å². The van der Waals surface area contributed by atoms with Gasteiger partial charge in [0.05, 0.1) is 30.4 Å². The Morgan fingerprint density at radius 2 is 2.12 bits per heavy atom. The molecule has 0 saturated heterocycles. The van der Waals surface area contributed by atoms with Crippen LogP contribution in [0.25, 0.3) is 5.69 Å². The molecule has 2 heterocycles. The van der Waals surface area contributed by atoms with Gasteiger partial charge >= 0.3 is 5.97 Å². The Kier molecular flexibility index (Phi) is 5.52. The average Bonchev–Trinajstić information content (AvgIpc) is 3.28. The highest BCUT2D eigenvalue weighted by molar-refractivity contribution is 5.91. The van der Waals surface area contributed by atoms with Gasteiger partial charge in [0, 0.05) is 31.1 Å². The minimum atomic E-state index is -0.364. The largest absolute Gasteiger partial charge is 0.465 e. The summed E-state index contributed by atoms with van der Waals surface area (Å²) in [5.74, 6) is 6.17. The van der Waals surface area contributed by atoms with Crippen LogP contribution in [-0.4, -0.2) is 43.9 Å². The number of hydrogen-bond acceptors (Lipinski definition) is 7. The molecule has 2 fully saturated rings. The topological polar surface area (TPSA) is 113 Å². The Bertz CT molecular complexity index is 1120. The van der Waals surface area contributed by atoms with Gasteiger partial charge < -0.3 is 4.74 Å². The van der Waals surface area contributed by atoms with E-state index in [-0.39, 0.29) is 17.8 Å². The van der Waals surface area contributed by atoms with E-state index in [1.165, 1.54) is 12.7 Å². The summed E-state index contributed by atoms with van der Waals surface area (Å²) in [7, 11) is 3.27. The second-order valence-corrected chi connectivity index (χ2v) is 8.93. The molecule has 0 amide bonds. The fraction of sp³-hybridized carbons (Fsp3) is 0.478. The minimum absolute atomic E-state index is 0.146. The van der Waals surface area contributed by atoms with Gasteiger partial charge in [0.25, 0.3) is 0 Å². The normalized spacial score (nSPS) is 25.0. The average molecular weight is 436 g/mol. The highest BCUT2D eigenvalue weighted by Gasteiger charge is 2.46. The number of benzene rings is 1. The lowest BCUT2D eigenvalue weighted by atomic mass is 9.81. The highest BCUT2D eigenvalue weighted by Crippen LogP contribution is 2.55. The van der Waals surface area contributed by atoms with Gasteiger partial charge in [-0.2, -0.15) is 5.10 Å². The highest BCUT2D eigenvalue weighted by atomic mass is 16.5. The number of rotatable bonds is 6. The van der Waals surface area contributed by atoms with Gasteiger partial charge in [0.2, 0.25) is 0 Å². The number of ether oxygens (including phenoxy) is 1. The van der Waals surface area contributed by atoms with Crippen molar-refractivity contribution in [2.24, 2.45) is 12.9 Å². The first-order valence-electron chi connectivity index (χ1n) is 11.2. The zero-order chi connectivity index (χ0) is 22.2. The summed E-state index contributed by atoms with van der Waals surface area (Å²) >= 11 is 0. The molecule has 2 aromatic heterocycles. The van der Waals surface area contributed by atoms with Gasteiger partial charge in [-0.25, -0.2) is 9.48 Å². The van der Waals surface area contributed by atoms with Crippen molar-refractivity contribution in [1.82, 2.24) is 30.2 Å². The molecule has 2 aliphatic carbocycles. The first-order valence-corrected chi connectivity index (χ1v) is 11.2. The second-order valence-electron chi connectivity index (χ2n) is 8.93. The van der Waals surface area contributed by atoms with Crippen molar-refractivity contribution < 1.29 is 9.53 Å². The maximum absolute atomic E-state index is 12.5. The molecular weight excluding hydrogens is 406 g/mol. The molecule has 4 atom stereocenters. The van der Waals surface area contributed by atoms with Crippen LogP contribution in [0.5, 0.6) is 0 Å². The second kappa shape index (κ2) is 8.48. The molecule has 1 aromatic carbocycles. The molecule has 9 nitrogen and oxygen atoms in total. The van der Waals surface area contributed by atoms with Gasteiger partial charge in [-0.3, -0.25) is 16.0 Å². The third kappa shape index (κ3) is 3.82. The molecule has 0 aliphatic heterocycles. The third-order valence-electron chi connectivity index (χ3n) is 6.85. The van der Waals surface area contributed by atoms with Gasteiger partial charge in [0.15, 0.2) is 0 Å². The molecule has 0 bridgehead atoms. The number of nitrogens with two attached hydrogens (primary N) is 1. The van der Waals surface area contributed by atoms with E-state index >= 15 is 0 Å². The molecule has 3 aromatic rings. The molecule has 2 unspecified atom stereocenters. The first kappa shape index (κ1) is 20.8. The van der Waals surface area contributed by atoms with E-state index in [2.05, 4.69) is 39.0 Å². The SMILES string of the molecule is COC(=O)c1cnn(-c2cccc([C@@H]3CCC[C@H](NN)C3)c2)c1C1CC1c1cn(C)nn1. The number of hydrogen-bond donors (Lipinski definition) is 2. The number of aromatic nitrogens is 5. The van der Waals surface area contributed by atoms with Crippen LogP contribution in [-0.2, 0) is 11.8 Å². The maximum Gasteiger partial charge on any atom is 0.341 e. The molecule has 2 aliphatic rings. The zero-order valence-electron chi connectivity index (χ0n) is 18.4. The van der Waals surface area contributed by atoms with E-state index in [1.54, 1.807) is 10.9 Å². The lowest BCUT2D eigenvalue weighted by molar-refractivity contribution is 0.0599. The molecule has 0 radical (unpaired) electrons. The van der Waals surface area contributed by atoms with Crippen molar-refractivity contribution >= 4 is 5.97 Å². The number of aryl methyl sites for hydroxylation is 1. The maximum atomic E-state index is 12.5. The number of hydrazine groups is 1. The standard InChI is InChI=1S/C23H29N7O2/c1-29-13-21(27-28-29)18-11-19(18)22-20(23(31)32-2)12-25-30(22)17-8-4-6-15(10-17)14-5-3-7-16(9-14)26-24/h4,6,8,10,12-14,16,18-19,26H,3,5,7,9,11,24H2,1-2H3/t14-,16+,18?,19?/m1/s1. The minimum Gasteiger partial charge on any atom is -0.465 e. The van der Waals surface area contributed by atoms with Gasteiger partial charge in [-0.15, -0.1) is 5.10 Å². The molecule has 5 rings (SSSR count). The smallest absolute Gasteiger partial charge is 0.341 e. The van der Waals surface area contributed by atoms with Crippen LogP contribution < -0.4 is 11.3 Å². The first-order chi connectivity index (χ1) is 15.6. The summed E-state index contributed by atoms with van der Waals surface area (Å²) in [5, 5.41) is 12.9. The molecule has 168 valence electrons. The Morgan fingerprint density at radius 3 is 2.88 bits per heavy atom. The third-order valence-corrected chi connectivity index (χ3v) is 6.85. The van der Waals surface area contributed by atoms with E-state index in [4.69, 9.17) is 10.6 Å². The van der Waals surface area contributed by atoms with E-state index in [0.717, 1.165) is 49.2 Å². The van der Waals surface area contributed by atoms with Crippen LogP contribution >= 0.6 is 0 Å². The van der Waals surface area contributed by atoms with Crippen molar-refractivity contribution in [3.8, 4) is 5.69 Å². The molecule has 3 N–H and O–H groups in total. The quantitative estimate of drug-likeness (QED) is 0.347. The number of methoxy groups -OCH3 is 1. The van der Waals surface area contributed by atoms with E-state index in [0.29, 0.717) is 17.5 Å². The Morgan fingerprint density at radius 1 is 1.25 bits per heavy atom. The number of nitrogens with zero attached hydrogens (tertiary/aromatic N) is 5. The number of carbonyl (C=O) groups is 1. The fourth-order valence-corrected chi connectivity index (χ4v) is 5.10. The summed E-state index contributed by atoms with van der Waals surface area (Å²) in [5.41, 5.74) is 7.53.